The first-order valence-electron chi connectivity index (χ1n) is 6.70. The minimum atomic E-state index is -3.01. The number of rotatable bonds is 8. The molecule has 0 unspecified atom stereocenters. The van der Waals surface area contributed by atoms with Crippen LogP contribution in [0.4, 0.5) is 22.7 Å². The molecule has 2 radical (unpaired) electrons. The molecule has 2 N–H and O–H groups in total. The van der Waals surface area contributed by atoms with E-state index in [9.17, 15) is 40.3 Å². The molecule has 2 aromatic carbocycles. The fraction of sp³-hybridized carbons (Fsp3) is 0. The molecule has 0 spiro atoms. The van der Waals surface area contributed by atoms with Crippen molar-refractivity contribution in [3.63, 3.8) is 0 Å². The molecule has 0 atom stereocenters. The van der Waals surface area contributed by atoms with Gasteiger partial charge in [-0.15, -0.1) is 0 Å². The third-order valence-corrected chi connectivity index (χ3v) is 4.85. The van der Waals surface area contributed by atoms with E-state index in [-0.39, 0.29) is 9.85 Å². The molecule has 0 aliphatic rings. The van der Waals surface area contributed by atoms with E-state index in [0.29, 0.717) is 0 Å². The van der Waals surface area contributed by atoms with Gasteiger partial charge in [0, 0.05) is 0 Å². The van der Waals surface area contributed by atoms with Gasteiger partial charge in [0.1, 0.15) is 0 Å². The number of nitrogens with zero attached hydrogens (tertiary/aromatic N) is 4. The Kier molecular flexibility index (Phi) is 6.11. The first-order valence-corrected chi connectivity index (χ1v) is 9.87. The first kappa shape index (κ1) is 19.9. The second kappa shape index (κ2) is 8.29. The van der Waals surface area contributed by atoms with Crippen molar-refractivity contribution in [2.45, 2.75) is 0 Å². The van der Waals surface area contributed by atoms with Gasteiger partial charge in [0.2, 0.25) is 0 Å². The van der Waals surface area contributed by atoms with Gasteiger partial charge in [-0.2, -0.15) is 0 Å². The summed E-state index contributed by atoms with van der Waals surface area (Å²) in [4.78, 5) is 43.0. The summed E-state index contributed by atoms with van der Waals surface area (Å²) in [6.07, 6.45) is 0. The Labute approximate surface area is 161 Å². The van der Waals surface area contributed by atoms with E-state index < -0.39 is 69.2 Å². The van der Waals surface area contributed by atoms with Gasteiger partial charge in [0.05, 0.1) is 0 Å². The fourth-order valence-corrected chi connectivity index (χ4v) is 3.31. The maximum atomic E-state index is 11.8. The van der Waals surface area contributed by atoms with E-state index in [1.807, 2.05) is 0 Å². The summed E-state index contributed by atoms with van der Waals surface area (Å²) >= 11 is -3.01. The van der Waals surface area contributed by atoms with Gasteiger partial charge in [-0.1, -0.05) is 0 Å². The van der Waals surface area contributed by atoms with Crippen molar-refractivity contribution in [2.24, 2.45) is 0 Å². The Morgan fingerprint density at radius 1 is 0.741 bits per heavy atom. The van der Waals surface area contributed by atoms with Crippen LogP contribution in [0.5, 0.6) is 11.5 Å². The number of hydrogen-bond donors (Lipinski definition) is 2. The van der Waals surface area contributed by atoms with Crippen molar-refractivity contribution in [1.29, 1.82) is 0 Å². The molecule has 0 saturated carbocycles. The Morgan fingerprint density at radius 3 is 1.44 bits per heavy atom. The van der Waals surface area contributed by atoms with E-state index in [1.54, 1.807) is 0 Å². The predicted octanol–water partition coefficient (Wildman–Crippen LogP) is 1.83. The Hall–Kier alpha value is -3.44. The molecule has 0 aliphatic heterocycles. The van der Waals surface area contributed by atoms with Crippen LogP contribution in [0, 0.1) is 30.0 Å². The van der Waals surface area contributed by atoms with Gasteiger partial charge in [-0.3, -0.25) is 0 Å². The predicted molar refractivity (Wildman–Crippen MR) is 84.0 cm³/mol. The SMILES string of the molecule is O=[N+]([O-])c1c(O)cccc1[N+](=O)[O][Pb][O][N+](=O)c1cccc(O)c1[N+](=O)[O-]. The molecule has 138 valence electrons. The van der Waals surface area contributed by atoms with Crippen molar-refractivity contribution in [3.8, 4) is 11.5 Å². The third kappa shape index (κ3) is 4.40. The van der Waals surface area contributed by atoms with Gasteiger partial charge in [-0.05, 0) is 0 Å². The van der Waals surface area contributed by atoms with E-state index in [4.69, 9.17) is 0 Å². The molecule has 2 rings (SSSR count). The van der Waals surface area contributed by atoms with Crippen LogP contribution in [-0.4, -0.2) is 55.0 Å². The number of nitro groups is 2. The Balaban J connectivity index is 2.10. The van der Waals surface area contributed by atoms with Crippen LogP contribution >= 0.6 is 0 Å². The van der Waals surface area contributed by atoms with Crippen molar-refractivity contribution >= 4 is 47.9 Å². The number of hydrogen-bond acceptors (Lipinski definition) is 10. The number of nitro benzene ring substituents is 2. The van der Waals surface area contributed by atoms with Gasteiger partial charge >= 0.3 is 161 Å². The second-order valence-corrected chi connectivity index (χ2v) is 6.65. The quantitative estimate of drug-likeness (QED) is 0.267. The second-order valence-electron chi connectivity index (χ2n) is 4.58. The average molecular weight is 575 g/mol. The molecule has 27 heavy (non-hydrogen) atoms. The topological polar surface area (TPSA) is 185 Å². The summed E-state index contributed by atoms with van der Waals surface area (Å²) in [7, 11) is 0. The monoisotopic (exact) mass is 576 g/mol. The van der Waals surface area contributed by atoms with Crippen molar-refractivity contribution in [1.82, 2.24) is 0 Å². The summed E-state index contributed by atoms with van der Waals surface area (Å²) in [6.45, 7) is 0. The van der Waals surface area contributed by atoms with Crippen molar-refractivity contribution < 1.29 is 35.5 Å². The molecule has 0 bridgehead atoms. The van der Waals surface area contributed by atoms with Crippen LogP contribution in [-0.2, 0) is 5.58 Å². The Bertz CT molecular complexity index is 874. The average Bonchev–Trinajstić information content (AvgIpc) is 2.60. The van der Waals surface area contributed by atoms with Crippen LogP contribution in [0.1, 0.15) is 0 Å². The molecule has 0 amide bonds. The molecule has 15 heteroatoms. The normalized spacial score (nSPS) is 10.1. The number of aromatic hydroxyl groups is 2. The molecular weight excluding hydrogens is 567 g/mol. The summed E-state index contributed by atoms with van der Waals surface area (Å²) in [5.41, 5.74) is -3.06. The van der Waals surface area contributed by atoms with E-state index in [1.165, 1.54) is 0 Å². The van der Waals surface area contributed by atoms with Gasteiger partial charge in [0.25, 0.3) is 0 Å². The number of para-hydroxylation sites is 2. The maximum absolute atomic E-state index is 11.8. The van der Waals surface area contributed by atoms with Crippen LogP contribution < -0.4 is 0 Å². The summed E-state index contributed by atoms with van der Waals surface area (Å²) in [5, 5.41) is 40.7. The van der Waals surface area contributed by atoms with Gasteiger partial charge < -0.3 is 0 Å². The minimum absolute atomic E-state index is 0.286. The van der Waals surface area contributed by atoms with E-state index >= 15 is 0 Å². The van der Waals surface area contributed by atoms with Gasteiger partial charge in [-0.25, -0.2) is 0 Å². The molecule has 0 heterocycles. The van der Waals surface area contributed by atoms with Gasteiger partial charge in [0.15, 0.2) is 0 Å². The molecule has 0 aromatic heterocycles. The van der Waals surface area contributed by atoms with E-state index in [2.05, 4.69) is 5.58 Å². The summed E-state index contributed by atoms with van der Waals surface area (Å²) in [5.74, 6) is -1.53. The molecule has 2 aromatic rings. The zero-order chi connectivity index (χ0) is 20.1. The zero-order valence-electron chi connectivity index (χ0n) is 12.9. The Morgan fingerprint density at radius 2 is 1.11 bits per heavy atom. The first-order chi connectivity index (χ1) is 12.7. The third-order valence-electron chi connectivity index (χ3n) is 2.99. The molecule has 0 saturated heterocycles. The molecule has 0 fully saturated rings. The number of benzene rings is 2. The number of phenols is 2. The van der Waals surface area contributed by atoms with Crippen molar-refractivity contribution in [2.75, 3.05) is 0 Å². The van der Waals surface area contributed by atoms with Crippen LogP contribution in [0.25, 0.3) is 0 Å². The van der Waals surface area contributed by atoms with Crippen molar-refractivity contribution in [3.05, 3.63) is 66.4 Å². The summed E-state index contributed by atoms with van der Waals surface area (Å²) in [6, 6.07) is 6.32. The zero-order valence-corrected chi connectivity index (χ0v) is 16.8. The van der Waals surface area contributed by atoms with Crippen LogP contribution in [0.2, 0.25) is 0 Å². The van der Waals surface area contributed by atoms with Crippen LogP contribution in [0.3, 0.4) is 0 Å². The standard InChI is InChI=1S/2C6H4N2O5.Pb/c2*9-5-3-1-2-4(7(10)11)6(5)8(12)13;/h2*1-3,9H;/q;;+2. The van der Waals surface area contributed by atoms with E-state index in [0.717, 1.165) is 36.4 Å². The molecule has 14 nitrogen and oxygen atoms in total. The molecule has 0 aliphatic carbocycles. The summed E-state index contributed by atoms with van der Waals surface area (Å²) < 4.78 is 9.31. The molecular formula is C12H8N4O10Pb+2. The fourth-order valence-electron chi connectivity index (χ4n) is 1.89. The van der Waals surface area contributed by atoms with Crippen LogP contribution in [0.15, 0.2) is 36.4 Å². The number of phenolic OH excluding ortho intramolecular Hbond substituents is 2.